The molecule has 4 rings (SSSR count). The van der Waals surface area contributed by atoms with E-state index >= 15 is 0 Å². The number of carbonyl (C=O) groups is 3. The van der Waals surface area contributed by atoms with Crippen LogP contribution in [0.15, 0.2) is 53.7 Å². The van der Waals surface area contributed by atoms with Gasteiger partial charge < -0.3 is 19.7 Å². The molecule has 1 saturated heterocycles. The number of piperazine rings is 1. The monoisotopic (exact) mass is 468 g/mol. The molecule has 2 heterocycles. The molecule has 3 aromatic rings. The van der Waals surface area contributed by atoms with Crippen LogP contribution in [-0.4, -0.2) is 71.3 Å². The van der Waals surface area contributed by atoms with E-state index in [0.29, 0.717) is 18.2 Å². The molecule has 0 spiro atoms. The summed E-state index contributed by atoms with van der Waals surface area (Å²) in [6, 6.07) is 14.5. The second-order valence-corrected chi connectivity index (χ2v) is 8.32. The highest BCUT2D eigenvalue weighted by Gasteiger charge is 2.35. The Kier molecular flexibility index (Phi) is 6.83. The highest BCUT2D eigenvalue weighted by Crippen LogP contribution is 2.29. The molecule has 1 N–H and O–H groups in total. The number of imidazole rings is 1. The lowest BCUT2D eigenvalue weighted by atomic mass is 10.1. The van der Waals surface area contributed by atoms with E-state index in [-0.39, 0.29) is 24.0 Å². The Morgan fingerprint density at radius 3 is 2.64 bits per heavy atom. The molecule has 2 aromatic carbocycles. The Morgan fingerprint density at radius 2 is 1.91 bits per heavy atom. The van der Waals surface area contributed by atoms with Crippen LogP contribution in [-0.2, 0) is 19.1 Å². The Labute approximate surface area is 195 Å². The summed E-state index contributed by atoms with van der Waals surface area (Å²) in [6.07, 6.45) is -0.177. The first-order valence-corrected chi connectivity index (χ1v) is 11.4. The summed E-state index contributed by atoms with van der Waals surface area (Å²) in [5, 5.41) is 3.36. The fourth-order valence-electron chi connectivity index (χ4n) is 3.75. The fraction of sp³-hybridized carbons (Fsp3) is 0.304. The third-order valence-corrected chi connectivity index (χ3v) is 6.35. The molecule has 10 heteroatoms. The average molecular weight is 469 g/mol. The molecule has 0 aliphatic carbocycles. The molecule has 1 fully saturated rings. The molecule has 0 bridgehead atoms. The minimum atomic E-state index is -0.875. The molecule has 1 atom stereocenters. The predicted molar refractivity (Wildman–Crippen MR) is 123 cm³/mol. The number of hydrogen-bond donors (Lipinski definition) is 1. The van der Waals surface area contributed by atoms with Crippen LogP contribution >= 0.6 is 11.8 Å². The number of amides is 2. The van der Waals surface area contributed by atoms with Crippen molar-refractivity contribution in [1.29, 1.82) is 0 Å². The van der Waals surface area contributed by atoms with E-state index in [4.69, 9.17) is 9.72 Å². The number of nitrogens with zero attached hydrogens (tertiary/aromatic N) is 3. The zero-order valence-electron chi connectivity index (χ0n) is 18.3. The first kappa shape index (κ1) is 22.7. The third kappa shape index (κ3) is 4.80. The predicted octanol–water partition coefficient (Wildman–Crippen LogP) is 2.02. The smallest absolute Gasteiger partial charge is 0.308 e. The van der Waals surface area contributed by atoms with Crippen molar-refractivity contribution in [3.8, 4) is 11.4 Å². The number of rotatable bonds is 7. The summed E-state index contributed by atoms with van der Waals surface area (Å²) in [7, 11) is 2.87. The van der Waals surface area contributed by atoms with Gasteiger partial charge in [0.25, 0.3) is 0 Å². The van der Waals surface area contributed by atoms with E-state index in [1.54, 1.807) is 7.11 Å². The molecule has 172 valence electrons. The number of hydrogen-bond acceptors (Lipinski definition) is 7. The first-order valence-electron chi connectivity index (χ1n) is 10.4. The summed E-state index contributed by atoms with van der Waals surface area (Å²) in [6.45, 7) is 0.680. The van der Waals surface area contributed by atoms with E-state index in [1.165, 1.54) is 23.8 Å². The molecule has 0 unspecified atom stereocenters. The van der Waals surface area contributed by atoms with Gasteiger partial charge >= 0.3 is 5.97 Å². The molecule has 33 heavy (non-hydrogen) atoms. The maximum absolute atomic E-state index is 13.1. The maximum Gasteiger partial charge on any atom is 0.308 e. The summed E-state index contributed by atoms with van der Waals surface area (Å²) < 4.78 is 11.9. The number of ether oxygens (including phenoxy) is 2. The lowest BCUT2D eigenvalue weighted by molar-refractivity contribution is -0.149. The van der Waals surface area contributed by atoms with Gasteiger partial charge in [-0.1, -0.05) is 23.9 Å². The minimum absolute atomic E-state index is 0.0738. The highest BCUT2D eigenvalue weighted by molar-refractivity contribution is 7.99. The largest absolute Gasteiger partial charge is 0.497 e. The topological polar surface area (TPSA) is 103 Å². The fourth-order valence-corrected chi connectivity index (χ4v) is 4.66. The molecular formula is C23H24N4O5S. The number of nitrogens with one attached hydrogen (secondary N) is 1. The summed E-state index contributed by atoms with van der Waals surface area (Å²) in [4.78, 5) is 43.3. The van der Waals surface area contributed by atoms with E-state index < -0.39 is 12.0 Å². The van der Waals surface area contributed by atoms with E-state index in [9.17, 15) is 14.4 Å². The molecule has 0 radical (unpaired) electrons. The second-order valence-electron chi connectivity index (χ2n) is 7.38. The van der Waals surface area contributed by atoms with Gasteiger partial charge in [0.1, 0.15) is 11.8 Å². The van der Waals surface area contributed by atoms with Gasteiger partial charge in [0, 0.05) is 18.8 Å². The Morgan fingerprint density at radius 1 is 1.15 bits per heavy atom. The van der Waals surface area contributed by atoms with Gasteiger partial charge in [0.15, 0.2) is 5.16 Å². The van der Waals surface area contributed by atoms with Gasteiger partial charge in [-0.25, -0.2) is 4.98 Å². The number of aromatic nitrogens is 2. The molecule has 9 nitrogen and oxygen atoms in total. The number of thioether (sulfide) groups is 1. The van der Waals surface area contributed by atoms with Gasteiger partial charge in [-0.15, -0.1) is 0 Å². The van der Waals surface area contributed by atoms with Crippen LogP contribution in [0.5, 0.6) is 5.75 Å². The molecule has 1 aliphatic heterocycles. The van der Waals surface area contributed by atoms with Crippen LogP contribution in [0.2, 0.25) is 0 Å². The van der Waals surface area contributed by atoms with Crippen molar-refractivity contribution in [1.82, 2.24) is 19.8 Å². The normalized spacial score (nSPS) is 15.9. The Balaban J connectivity index is 1.58. The van der Waals surface area contributed by atoms with Gasteiger partial charge in [-0.05, 0) is 36.4 Å². The molecule has 2 amide bonds. The van der Waals surface area contributed by atoms with Crippen molar-refractivity contribution >= 4 is 40.6 Å². The number of para-hydroxylation sites is 2. The standard InChI is InChI=1S/C23H24N4O5S/c1-31-16-9-7-15(8-10-16)27-18-6-4-3-5-17(18)25-23(27)33-14-20(28)26-12-11-24-22(30)19(26)13-21(29)32-2/h3-10,19H,11-14H2,1-2H3,(H,24,30)/t19-/m0/s1. The van der Waals surface area contributed by atoms with Gasteiger partial charge in [0.2, 0.25) is 11.8 Å². The summed E-state index contributed by atoms with van der Waals surface area (Å²) >= 11 is 1.29. The summed E-state index contributed by atoms with van der Waals surface area (Å²) in [5.74, 6) is -0.311. The van der Waals surface area contributed by atoms with Crippen LogP contribution < -0.4 is 10.1 Å². The lowest BCUT2D eigenvalue weighted by Gasteiger charge is -2.34. The number of carbonyl (C=O) groups excluding carboxylic acids is 3. The molecular weight excluding hydrogens is 444 g/mol. The molecule has 1 aromatic heterocycles. The number of benzene rings is 2. The first-order chi connectivity index (χ1) is 16.0. The van der Waals surface area contributed by atoms with E-state index in [0.717, 1.165) is 22.5 Å². The van der Waals surface area contributed by atoms with Crippen molar-refractivity contribution in [3.05, 3.63) is 48.5 Å². The minimum Gasteiger partial charge on any atom is -0.497 e. The summed E-state index contributed by atoms with van der Waals surface area (Å²) in [5.41, 5.74) is 2.61. The average Bonchev–Trinajstić information content (AvgIpc) is 3.22. The zero-order valence-corrected chi connectivity index (χ0v) is 19.1. The Bertz CT molecular complexity index is 1180. The van der Waals surface area contributed by atoms with Crippen molar-refractivity contribution < 1.29 is 23.9 Å². The highest BCUT2D eigenvalue weighted by atomic mass is 32.2. The molecule has 1 aliphatic rings. The Hall–Kier alpha value is -3.53. The number of methoxy groups -OCH3 is 2. The van der Waals surface area contributed by atoms with Crippen LogP contribution in [0.3, 0.4) is 0 Å². The van der Waals surface area contributed by atoms with Crippen molar-refractivity contribution in [2.45, 2.75) is 17.6 Å². The van der Waals surface area contributed by atoms with Crippen LogP contribution in [0.1, 0.15) is 6.42 Å². The zero-order chi connectivity index (χ0) is 23.4. The molecule has 0 saturated carbocycles. The van der Waals surface area contributed by atoms with Gasteiger partial charge in [-0.3, -0.25) is 19.0 Å². The number of esters is 1. The SMILES string of the molecule is COC(=O)C[C@H]1C(=O)NCCN1C(=O)CSc1nc2ccccc2n1-c1ccc(OC)cc1. The van der Waals surface area contributed by atoms with Crippen molar-refractivity contribution in [3.63, 3.8) is 0 Å². The quantitative estimate of drug-likeness (QED) is 0.418. The lowest BCUT2D eigenvalue weighted by Crippen LogP contribution is -2.58. The van der Waals surface area contributed by atoms with E-state index in [1.807, 2.05) is 53.1 Å². The van der Waals surface area contributed by atoms with Crippen LogP contribution in [0.4, 0.5) is 0 Å². The maximum atomic E-state index is 13.1. The third-order valence-electron chi connectivity index (χ3n) is 5.42. The van der Waals surface area contributed by atoms with Gasteiger partial charge in [0.05, 0.1) is 37.4 Å². The van der Waals surface area contributed by atoms with Gasteiger partial charge in [-0.2, -0.15) is 0 Å². The number of fused-ring (bicyclic) bond motifs is 1. The van der Waals surface area contributed by atoms with Crippen molar-refractivity contribution in [2.75, 3.05) is 33.1 Å². The van der Waals surface area contributed by atoms with E-state index in [2.05, 4.69) is 10.1 Å². The second kappa shape index (κ2) is 9.95. The van der Waals surface area contributed by atoms with Crippen molar-refractivity contribution in [2.24, 2.45) is 0 Å². The van der Waals surface area contributed by atoms with Crippen LogP contribution in [0, 0.1) is 0 Å². The van der Waals surface area contributed by atoms with Crippen LogP contribution in [0.25, 0.3) is 16.7 Å².